The summed E-state index contributed by atoms with van der Waals surface area (Å²) >= 11 is 7.27. The van der Waals surface area contributed by atoms with E-state index in [0.717, 1.165) is 24.7 Å². The third-order valence-corrected chi connectivity index (χ3v) is 4.80. The number of hydrogen-bond acceptors (Lipinski definition) is 1. The number of aromatic nitrogens is 2. The van der Waals surface area contributed by atoms with Crippen molar-refractivity contribution in [2.24, 2.45) is 5.92 Å². The topological polar surface area (TPSA) is 17.8 Å². The van der Waals surface area contributed by atoms with Crippen LogP contribution in [0.3, 0.4) is 0 Å². The first-order chi connectivity index (χ1) is 7.67. The normalized spacial score (nSPS) is 13.1. The molecule has 0 spiro atoms. The standard InChI is InChI=1S/C12H20Br2N2/c1-4-9(8-13)7-11-12(14)10(5-2)15-16(11)6-3/h9H,4-8H2,1-3H3. The Balaban J connectivity index is 2.96. The largest absolute Gasteiger partial charge is 0.268 e. The van der Waals surface area contributed by atoms with Crippen molar-refractivity contribution in [3.05, 3.63) is 15.9 Å². The van der Waals surface area contributed by atoms with Crippen molar-refractivity contribution in [1.82, 2.24) is 9.78 Å². The van der Waals surface area contributed by atoms with Gasteiger partial charge in [-0.1, -0.05) is 36.2 Å². The molecule has 0 saturated heterocycles. The Hall–Kier alpha value is 0.170. The Morgan fingerprint density at radius 1 is 1.31 bits per heavy atom. The molecule has 0 aromatic carbocycles. The van der Waals surface area contributed by atoms with Gasteiger partial charge >= 0.3 is 0 Å². The van der Waals surface area contributed by atoms with E-state index in [1.807, 2.05) is 0 Å². The summed E-state index contributed by atoms with van der Waals surface area (Å²) in [6.07, 6.45) is 3.29. The van der Waals surface area contributed by atoms with Gasteiger partial charge in [0.25, 0.3) is 0 Å². The predicted octanol–water partition coefficient (Wildman–Crippen LogP) is 4.19. The Bertz CT molecular complexity index is 330. The molecule has 1 rings (SSSR count). The van der Waals surface area contributed by atoms with E-state index in [-0.39, 0.29) is 0 Å². The fourth-order valence-corrected chi connectivity index (χ4v) is 3.21. The van der Waals surface area contributed by atoms with Crippen LogP contribution in [0.2, 0.25) is 0 Å². The molecule has 0 N–H and O–H groups in total. The van der Waals surface area contributed by atoms with Crippen molar-refractivity contribution in [2.45, 2.75) is 46.6 Å². The van der Waals surface area contributed by atoms with Crippen LogP contribution in [0.1, 0.15) is 38.6 Å². The summed E-state index contributed by atoms with van der Waals surface area (Å²) in [4.78, 5) is 0. The molecule has 0 aliphatic carbocycles. The minimum atomic E-state index is 0.697. The molecule has 1 aromatic rings. The molecule has 0 aliphatic heterocycles. The van der Waals surface area contributed by atoms with Gasteiger partial charge in [-0.3, -0.25) is 4.68 Å². The lowest BCUT2D eigenvalue weighted by Crippen LogP contribution is -2.10. The van der Waals surface area contributed by atoms with Crippen LogP contribution in [0.5, 0.6) is 0 Å². The molecule has 92 valence electrons. The van der Waals surface area contributed by atoms with Gasteiger partial charge in [0.1, 0.15) is 0 Å². The first-order valence-electron chi connectivity index (χ1n) is 5.97. The number of alkyl halides is 1. The van der Waals surface area contributed by atoms with Gasteiger partial charge in [-0.05, 0) is 41.6 Å². The maximum Gasteiger partial charge on any atom is 0.0766 e. The molecule has 16 heavy (non-hydrogen) atoms. The predicted molar refractivity (Wildman–Crippen MR) is 76.3 cm³/mol. The zero-order valence-corrected chi connectivity index (χ0v) is 13.4. The van der Waals surface area contributed by atoms with Gasteiger partial charge in [-0.25, -0.2) is 0 Å². The monoisotopic (exact) mass is 350 g/mol. The summed E-state index contributed by atoms with van der Waals surface area (Å²) < 4.78 is 3.35. The summed E-state index contributed by atoms with van der Waals surface area (Å²) in [7, 11) is 0. The first kappa shape index (κ1) is 14.2. The van der Waals surface area contributed by atoms with Gasteiger partial charge < -0.3 is 0 Å². The average Bonchev–Trinajstić information content (AvgIpc) is 2.62. The van der Waals surface area contributed by atoms with Gasteiger partial charge in [0.15, 0.2) is 0 Å². The molecule has 0 amide bonds. The lowest BCUT2D eigenvalue weighted by molar-refractivity contribution is 0.524. The zero-order valence-electron chi connectivity index (χ0n) is 10.3. The SMILES string of the molecule is CCc1nn(CC)c(CC(CC)CBr)c1Br. The van der Waals surface area contributed by atoms with Gasteiger partial charge in [-0.2, -0.15) is 5.10 Å². The summed E-state index contributed by atoms with van der Waals surface area (Å²) in [5.41, 5.74) is 2.53. The molecule has 4 heteroatoms. The Morgan fingerprint density at radius 3 is 2.44 bits per heavy atom. The molecule has 1 atom stereocenters. The average molecular weight is 352 g/mol. The smallest absolute Gasteiger partial charge is 0.0766 e. The fraction of sp³-hybridized carbons (Fsp3) is 0.750. The van der Waals surface area contributed by atoms with E-state index < -0.39 is 0 Å². The van der Waals surface area contributed by atoms with Crippen LogP contribution in [0.15, 0.2) is 4.47 Å². The van der Waals surface area contributed by atoms with Crippen LogP contribution in [0.25, 0.3) is 0 Å². The van der Waals surface area contributed by atoms with E-state index in [1.165, 1.54) is 22.3 Å². The quantitative estimate of drug-likeness (QED) is 0.702. The summed E-state index contributed by atoms with van der Waals surface area (Å²) in [5, 5.41) is 5.68. The molecule has 0 aliphatic rings. The maximum absolute atomic E-state index is 4.62. The third-order valence-electron chi connectivity index (χ3n) is 2.97. The van der Waals surface area contributed by atoms with E-state index in [4.69, 9.17) is 0 Å². The second-order valence-electron chi connectivity index (χ2n) is 4.01. The minimum Gasteiger partial charge on any atom is -0.268 e. The number of hydrogen-bond donors (Lipinski definition) is 0. The Labute approximate surface area is 115 Å². The number of halogens is 2. The lowest BCUT2D eigenvalue weighted by Gasteiger charge is -2.12. The second-order valence-corrected chi connectivity index (χ2v) is 5.45. The molecule has 0 saturated carbocycles. The molecule has 0 fully saturated rings. The zero-order chi connectivity index (χ0) is 12.1. The highest BCUT2D eigenvalue weighted by Crippen LogP contribution is 2.26. The maximum atomic E-state index is 4.62. The lowest BCUT2D eigenvalue weighted by atomic mass is 10.0. The fourth-order valence-electron chi connectivity index (χ4n) is 1.79. The van der Waals surface area contributed by atoms with E-state index in [0.29, 0.717) is 5.92 Å². The number of aryl methyl sites for hydroxylation is 2. The van der Waals surface area contributed by atoms with Gasteiger partial charge in [0.2, 0.25) is 0 Å². The summed E-state index contributed by atoms with van der Waals surface area (Å²) in [6, 6.07) is 0. The van der Waals surface area contributed by atoms with Crippen molar-refractivity contribution >= 4 is 31.9 Å². The molecule has 1 unspecified atom stereocenters. The summed E-state index contributed by atoms with van der Waals surface area (Å²) in [5.74, 6) is 0.697. The molecular formula is C12H20Br2N2. The van der Waals surface area contributed by atoms with Crippen molar-refractivity contribution < 1.29 is 0 Å². The Morgan fingerprint density at radius 2 is 2.00 bits per heavy atom. The van der Waals surface area contributed by atoms with Crippen LogP contribution in [0.4, 0.5) is 0 Å². The first-order valence-corrected chi connectivity index (χ1v) is 7.89. The van der Waals surface area contributed by atoms with Gasteiger partial charge in [-0.15, -0.1) is 0 Å². The van der Waals surface area contributed by atoms with Crippen molar-refractivity contribution in [2.75, 3.05) is 5.33 Å². The molecule has 1 aromatic heterocycles. The van der Waals surface area contributed by atoms with Crippen molar-refractivity contribution in [3.8, 4) is 0 Å². The number of rotatable bonds is 6. The number of nitrogens with zero attached hydrogens (tertiary/aromatic N) is 2. The molecule has 1 heterocycles. The van der Waals surface area contributed by atoms with Gasteiger partial charge in [0.05, 0.1) is 15.9 Å². The molecule has 2 nitrogen and oxygen atoms in total. The van der Waals surface area contributed by atoms with Gasteiger partial charge in [0, 0.05) is 11.9 Å². The van der Waals surface area contributed by atoms with Crippen molar-refractivity contribution in [1.29, 1.82) is 0 Å². The Kier molecular flexibility index (Phi) is 6.05. The molecule has 0 radical (unpaired) electrons. The van der Waals surface area contributed by atoms with E-state index >= 15 is 0 Å². The third kappa shape index (κ3) is 3.10. The summed E-state index contributed by atoms with van der Waals surface area (Å²) in [6.45, 7) is 7.50. The highest BCUT2D eigenvalue weighted by atomic mass is 79.9. The van der Waals surface area contributed by atoms with Crippen LogP contribution in [0, 0.1) is 5.92 Å². The highest BCUT2D eigenvalue weighted by Gasteiger charge is 2.16. The van der Waals surface area contributed by atoms with Crippen LogP contribution in [-0.4, -0.2) is 15.1 Å². The second kappa shape index (κ2) is 6.80. The van der Waals surface area contributed by atoms with E-state index in [9.17, 15) is 0 Å². The van der Waals surface area contributed by atoms with E-state index in [1.54, 1.807) is 0 Å². The van der Waals surface area contributed by atoms with E-state index in [2.05, 4.69) is 62.4 Å². The van der Waals surface area contributed by atoms with Crippen molar-refractivity contribution in [3.63, 3.8) is 0 Å². The molecular weight excluding hydrogens is 332 g/mol. The van der Waals surface area contributed by atoms with Crippen LogP contribution in [-0.2, 0) is 19.4 Å². The molecule has 0 bridgehead atoms. The highest BCUT2D eigenvalue weighted by molar-refractivity contribution is 9.10. The van der Waals surface area contributed by atoms with Crippen LogP contribution >= 0.6 is 31.9 Å². The minimum absolute atomic E-state index is 0.697. The van der Waals surface area contributed by atoms with Crippen LogP contribution < -0.4 is 0 Å².